The Labute approximate surface area is 246 Å². The van der Waals surface area contributed by atoms with Crippen LogP contribution < -0.4 is 8.92 Å². The highest BCUT2D eigenvalue weighted by Crippen LogP contribution is 2.41. The van der Waals surface area contributed by atoms with Crippen LogP contribution in [-0.2, 0) is 21.5 Å². The third kappa shape index (κ3) is 6.32. The summed E-state index contributed by atoms with van der Waals surface area (Å²) in [6.07, 6.45) is 1.50. The number of amides is 2. The molecule has 3 aromatic carbocycles. The summed E-state index contributed by atoms with van der Waals surface area (Å²) >= 11 is 22.4. The monoisotopic (exact) mass is 675 g/mol. The van der Waals surface area contributed by atoms with Crippen molar-refractivity contribution in [2.75, 3.05) is 6.61 Å². The molecule has 0 saturated carbocycles. The Hall–Kier alpha value is -2.21. The number of thioether (sulfide) groups is 1. The second-order valence-electron chi connectivity index (χ2n) is 7.72. The number of carbonyl (C=O) groups excluding carboxylic acids is 2. The zero-order chi connectivity index (χ0) is 27.6. The number of nitrogens with zero attached hydrogens (tertiary/aromatic N) is 1. The number of carbonyl (C=O) groups is 2. The van der Waals surface area contributed by atoms with E-state index in [9.17, 15) is 18.0 Å². The molecule has 0 radical (unpaired) electrons. The minimum atomic E-state index is -4.20. The lowest BCUT2D eigenvalue weighted by atomic mass is 10.1. The fourth-order valence-electron chi connectivity index (χ4n) is 3.40. The minimum absolute atomic E-state index is 0.0691. The Morgan fingerprint density at radius 1 is 1.03 bits per heavy atom. The van der Waals surface area contributed by atoms with E-state index >= 15 is 0 Å². The molecule has 0 bridgehead atoms. The molecule has 3 aromatic rings. The number of imide groups is 1. The van der Waals surface area contributed by atoms with Gasteiger partial charge in [-0.15, -0.1) is 0 Å². The largest absolute Gasteiger partial charge is 0.490 e. The minimum Gasteiger partial charge on any atom is -0.490 e. The van der Waals surface area contributed by atoms with Gasteiger partial charge in [0, 0.05) is 20.6 Å². The number of hydrogen-bond donors (Lipinski definition) is 0. The van der Waals surface area contributed by atoms with Crippen molar-refractivity contribution in [3.05, 3.63) is 90.2 Å². The molecule has 0 atom stereocenters. The maximum Gasteiger partial charge on any atom is 0.339 e. The van der Waals surface area contributed by atoms with Gasteiger partial charge in [-0.25, -0.2) is 0 Å². The van der Waals surface area contributed by atoms with E-state index in [2.05, 4.69) is 15.9 Å². The fraction of sp³-hybridized carbons (Fsp3) is 0.120. The van der Waals surface area contributed by atoms with Crippen molar-refractivity contribution in [2.24, 2.45) is 0 Å². The molecule has 0 aliphatic carbocycles. The average Bonchev–Trinajstić information content (AvgIpc) is 3.11. The van der Waals surface area contributed by atoms with Crippen LogP contribution in [0.15, 0.2) is 68.9 Å². The van der Waals surface area contributed by atoms with Crippen molar-refractivity contribution in [1.82, 2.24) is 4.90 Å². The first-order valence-corrected chi connectivity index (χ1v) is 15.0. The zero-order valence-corrected chi connectivity index (χ0v) is 24.9. The maximum atomic E-state index is 13.1. The first kappa shape index (κ1) is 28.8. The first-order chi connectivity index (χ1) is 18.0. The summed E-state index contributed by atoms with van der Waals surface area (Å²) in [6, 6.07) is 13.5. The van der Waals surface area contributed by atoms with Crippen LogP contribution in [0.3, 0.4) is 0 Å². The van der Waals surface area contributed by atoms with Gasteiger partial charge >= 0.3 is 10.1 Å². The third-order valence-electron chi connectivity index (χ3n) is 5.18. The molecule has 1 aliphatic rings. The SMILES string of the molecule is CCOc1cc(/C=C2\SC(=O)N(Cc3c(Cl)cccc3Cl)C2=O)cc(Br)c1OS(=O)(=O)c1ccc(Cl)cc1. The molecular formula is C25H17BrCl3NO6S2. The van der Waals surface area contributed by atoms with Gasteiger partial charge in [0.05, 0.1) is 22.5 Å². The molecule has 1 heterocycles. The van der Waals surface area contributed by atoms with Crippen LogP contribution in [0.4, 0.5) is 4.79 Å². The molecular weight excluding hydrogens is 661 g/mol. The lowest BCUT2D eigenvalue weighted by Crippen LogP contribution is -2.27. The zero-order valence-electron chi connectivity index (χ0n) is 19.4. The van der Waals surface area contributed by atoms with Crippen LogP contribution >= 0.6 is 62.5 Å². The fourth-order valence-corrected chi connectivity index (χ4v) is 6.49. The van der Waals surface area contributed by atoms with Crippen molar-refractivity contribution >= 4 is 89.8 Å². The van der Waals surface area contributed by atoms with Crippen LogP contribution in [0.2, 0.25) is 15.1 Å². The van der Waals surface area contributed by atoms with E-state index in [1.165, 1.54) is 36.4 Å². The highest BCUT2D eigenvalue weighted by Gasteiger charge is 2.36. The summed E-state index contributed by atoms with van der Waals surface area (Å²) in [7, 11) is -4.20. The Bertz CT molecular complexity index is 1540. The second kappa shape index (κ2) is 11.9. The highest BCUT2D eigenvalue weighted by molar-refractivity contribution is 9.10. The van der Waals surface area contributed by atoms with E-state index < -0.39 is 21.3 Å². The molecule has 4 rings (SSSR count). The summed E-state index contributed by atoms with van der Waals surface area (Å²) in [5.41, 5.74) is 0.932. The molecule has 0 unspecified atom stereocenters. The molecule has 0 spiro atoms. The van der Waals surface area contributed by atoms with Crippen LogP contribution in [0, 0.1) is 0 Å². The van der Waals surface area contributed by atoms with Gasteiger partial charge in [0.25, 0.3) is 11.1 Å². The normalized spacial score (nSPS) is 14.9. The predicted octanol–water partition coefficient (Wildman–Crippen LogP) is 7.81. The number of hydrogen-bond acceptors (Lipinski definition) is 7. The number of ether oxygens (including phenoxy) is 1. The molecule has 13 heteroatoms. The average molecular weight is 678 g/mol. The van der Waals surface area contributed by atoms with Crippen LogP contribution in [0.1, 0.15) is 18.1 Å². The molecule has 7 nitrogen and oxygen atoms in total. The Kier molecular flexibility index (Phi) is 9.01. The van der Waals surface area contributed by atoms with Crippen molar-refractivity contribution in [1.29, 1.82) is 0 Å². The van der Waals surface area contributed by atoms with Gasteiger partial charge in [-0.2, -0.15) is 8.42 Å². The molecule has 1 saturated heterocycles. The van der Waals surface area contributed by atoms with Gasteiger partial charge < -0.3 is 8.92 Å². The van der Waals surface area contributed by atoms with Crippen molar-refractivity contribution in [2.45, 2.75) is 18.4 Å². The van der Waals surface area contributed by atoms with E-state index in [0.29, 0.717) is 26.2 Å². The summed E-state index contributed by atoms with van der Waals surface area (Å²) in [5.74, 6) is -0.469. The molecule has 198 valence electrons. The Morgan fingerprint density at radius 2 is 1.68 bits per heavy atom. The van der Waals surface area contributed by atoms with Crippen molar-refractivity contribution < 1.29 is 26.9 Å². The maximum absolute atomic E-state index is 13.1. The summed E-state index contributed by atoms with van der Waals surface area (Å²) < 4.78 is 36.9. The predicted molar refractivity (Wildman–Crippen MR) is 153 cm³/mol. The highest BCUT2D eigenvalue weighted by atomic mass is 79.9. The van der Waals surface area contributed by atoms with E-state index in [4.69, 9.17) is 43.7 Å². The third-order valence-corrected chi connectivity index (χ3v) is 8.87. The Morgan fingerprint density at radius 3 is 2.32 bits per heavy atom. The van der Waals surface area contributed by atoms with Crippen molar-refractivity contribution in [3.8, 4) is 11.5 Å². The summed E-state index contributed by atoms with van der Waals surface area (Å²) in [5, 5.41) is 0.587. The summed E-state index contributed by atoms with van der Waals surface area (Å²) in [4.78, 5) is 26.8. The van der Waals surface area contributed by atoms with E-state index in [1.54, 1.807) is 31.2 Å². The lowest BCUT2D eigenvalue weighted by Gasteiger charge is -2.15. The van der Waals surface area contributed by atoms with Crippen molar-refractivity contribution in [3.63, 3.8) is 0 Å². The molecule has 0 N–H and O–H groups in total. The van der Waals surface area contributed by atoms with Gasteiger partial charge in [-0.1, -0.05) is 40.9 Å². The van der Waals surface area contributed by atoms with E-state index in [0.717, 1.165) is 16.7 Å². The van der Waals surface area contributed by atoms with E-state index in [1.807, 2.05) is 0 Å². The molecule has 0 aromatic heterocycles. The van der Waals surface area contributed by atoms with Gasteiger partial charge in [0.1, 0.15) is 4.90 Å². The second-order valence-corrected chi connectivity index (χ2v) is 12.4. The van der Waals surface area contributed by atoms with Crippen LogP contribution in [0.25, 0.3) is 6.08 Å². The smallest absolute Gasteiger partial charge is 0.339 e. The molecule has 2 amide bonds. The topological polar surface area (TPSA) is 90.0 Å². The number of rotatable bonds is 8. The first-order valence-electron chi connectivity index (χ1n) is 10.8. The summed E-state index contributed by atoms with van der Waals surface area (Å²) in [6.45, 7) is 1.86. The molecule has 1 fully saturated rings. The van der Waals surface area contributed by atoms with E-state index in [-0.39, 0.29) is 38.9 Å². The lowest BCUT2D eigenvalue weighted by molar-refractivity contribution is -0.123. The van der Waals surface area contributed by atoms with Crippen LogP contribution in [0.5, 0.6) is 11.5 Å². The number of benzene rings is 3. The quantitative estimate of drug-likeness (QED) is 0.178. The Balaban J connectivity index is 1.63. The van der Waals surface area contributed by atoms with Gasteiger partial charge in [0.15, 0.2) is 11.5 Å². The molecule has 1 aliphatic heterocycles. The van der Waals surface area contributed by atoms with Gasteiger partial charge in [-0.05, 0) is 94.8 Å². The van der Waals surface area contributed by atoms with Gasteiger partial charge in [0.2, 0.25) is 0 Å². The van der Waals surface area contributed by atoms with Gasteiger partial charge in [-0.3, -0.25) is 14.5 Å². The van der Waals surface area contributed by atoms with Crippen LogP contribution in [-0.4, -0.2) is 31.1 Å². The number of halogens is 4. The standard InChI is InChI=1S/C25H17BrCl3NO6S2/c1-2-35-21-11-14(10-18(26)23(21)36-38(33,34)16-8-6-15(27)7-9-16)12-22-24(31)30(25(32)37-22)13-17-19(28)4-3-5-20(17)29/h3-12H,2,13H2,1H3/b22-12-. The molecule has 38 heavy (non-hydrogen) atoms.